The lowest BCUT2D eigenvalue weighted by Gasteiger charge is -2.41. The smallest absolute Gasteiger partial charge is 0.182 e. The van der Waals surface area contributed by atoms with E-state index in [2.05, 4.69) is 115 Å². The summed E-state index contributed by atoms with van der Waals surface area (Å²) in [5.41, 5.74) is 5.61. The van der Waals surface area contributed by atoms with Gasteiger partial charge in [0.05, 0.1) is 6.67 Å². The first-order valence-corrected chi connectivity index (χ1v) is 11.1. The maximum Gasteiger partial charge on any atom is 0.182 e. The monoisotopic (exact) mass is 410 g/mol. The molecular formula is C25H26N6. The van der Waals surface area contributed by atoms with Crippen molar-refractivity contribution in [1.82, 2.24) is 29.4 Å². The second kappa shape index (κ2) is 6.48. The Bertz CT molecular complexity index is 951. The van der Waals surface area contributed by atoms with Gasteiger partial charge < -0.3 is 29.4 Å². The molecule has 0 saturated heterocycles. The van der Waals surface area contributed by atoms with Gasteiger partial charge >= 0.3 is 0 Å². The van der Waals surface area contributed by atoms with E-state index >= 15 is 0 Å². The molecule has 2 aromatic carbocycles. The lowest BCUT2D eigenvalue weighted by atomic mass is 10.1. The van der Waals surface area contributed by atoms with Crippen LogP contribution in [0.3, 0.4) is 0 Å². The number of rotatable bonds is 0. The summed E-state index contributed by atoms with van der Waals surface area (Å²) in [7, 11) is 0. The molecule has 0 aliphatic carbocycles. The van der Waals surface area contributed by atoms with E-state index < -0.39 is 0 Å². The first kappa shape index (κ1) is 17.2. The molecule has 5 heterocycles. The third-order valence-electron chi connectivity index (χ3n) is 7.10. The summed E-state index contributed by atoms with van der Waals surface area (Å²) in [5.74, 6) is 0. The third-order valence-corrected chi connectivity index (χ3v) is 7.10. The highest BCUT2D eigenvalue weighted by Crippen LogP contribution is 2.34. The van der Waals surface area contributed by atoms with Gasteiger partial charge in [-0.2, -0.15) is 0 Å². The largest absolute Gasteiger partial charge is 0.335 e. The van der Waals surface area contributed by atoms with Crippen LogP contribution in [-0.4, -0.2) is 48.6 Å². The normalized spacial score (nSPS) is 25.3. The van der Waals surface area contributed by atoms with Crippen LogP contribution in [0.2, 0.25) is 0 Å². The molecule has 0 spiro atoms. The van der Waals surface area contributed by atoms with Crippen molar-refractivity contribution in [3.8, 4) is 0 Å². The van der Waals surface area contributed by atoms with Gasteiger partial charge in [-0.3, -0.25) is 0 Å². The van der Waals surface area contributed by atoms with Gasteiger partial charge in [0, 0.05) is 63.4 Å². The summed E-state index contributed by atoms with van der Waals surface area (Å²) in [6.07, 6.45) is 14.0. The fraction of sp³-hybridized carbons (Fsp3) is 0.280. The maximum absolute atomic E-state index is 2.48. The van der Waals surface area contributed by atoms with Crippen LogP contribution in [0.1, 0.15) is 22.3 Å². The van der Waals surface area contributed by atoms with Gasteiger partial charge in [0.15, 0.2) is 12.6 Å². The highest BCUT2D eigenvalue weighted by Gasteiger charge is 2.40. The minimum atomic E-state index is 0.176. The van der Waals surface area contributed by atoms with Crippen LogP contribution in [0.25, 0.3) is 0 Å². The SMILES string of the molecule is C1=CN2Cc3ccccc3CN3C=CN4Cc5ccccc5CN1C2N1C=CN(C1)C43. The van der Waals surface area contributed by atoms with Crippen molar-refractivity contribution in [2.24, 2.45) is 0 Å². The van der Waals surface area contributed by atoms with E-state index in [1.165, 1.54) is 22.3 Å². The van der Waals surface area contributed by atoms with E-state index in [1.807, 2.05) is 0 Å². The third kappa shape index (κ3) is 2.64. The molecule has 0 amide bonds. The van der Waals surface area contributed by atoms with Gasteiger partial charge in [-0.1, -0.05) is 48.5 Å². The number of benzene rings is 2. The summed E-state index contributed by atoms with van der Waals surface area (Å²) >= 11 is 0. The van der Waals surface area contributed by atoms with Gasteiger partial charge in [0.2, 0.25) is 0 Å². The molecule has 0 fully saturated rings. The zero-order valence-electron chi connectivity index (χ0n) is 17.5. The number of hydrogen-bond donors (Lipinski definition) is 0. The number of hydrogen-bond acceptors (Lipinski definition) is 6. The zero-order valence-corrected chi connectivity index (χ0v) is 17.5. The molecule has 31 heavy (non-hydrogen) atoms. The summed E-state index contributed by atoms with van der Waals surface area (Å²) in [6, 6.07) is 17.8. The topological polar surface area (TPSA) is 19.4 Å². The molecule has 6 heteroatoms. The van der Waals surface area contributed by atoms with Crippen LogP contribution < -0.4 is 0 Å². The standard InChI is InChI=1S/C25H26N6/c1-2-6-21-16-27-11-12-29-18-23-8-4-3-7-22(23)17-28-10-9-26(15-20(21)5-1)24(28)30-13-14-31(19-30)25(27)29/h1-14,24-25H,15-19H2. The Balaban J connectivity index is 1.42. The first-order valence-electron chi connectivity index (χ1n) is 11.1. The number of nitrogens with zero attached hydrogens (tertiary/aromatic N) is 6. The molecule has 0 saturated carbocycles. The van der Waals surface area contributed by atoms with Crippen molar-refractivity contribution in [3.05, 3.63) is 108 Å². The van der Waals surface area contributed by atoms with Crippen molar-refractivity contribution in [2.75, 3.05) is 6.67 Å². The van der Waals surface area contributed by atoms with E-state index in [4.69, 9.17) is 0 Å². The van der Waals surface area contributed by atoms with Crippen LogP contribution in [-0.2, 0) is 26.2 Å². The minimum Gasteiger partial charge on any atom is -0.335 e. The molecule has 0 atom stereocenters. The van der Waals surface area contributed by atoms with Crippen molar-refractivity contribution in [1.29, 1.82) is 0 Å². The maximum atomic E-state index is 2.48. The minimum absolute atomic E-state index is 0.176. The molecule has 0 radical (unpaired) electrons. The molecule has 156 valence electrons. The molecule has 0 aromatic heterocycles. The molecule has 5 aliphatic heterocycles. The fourth-order valence-corrected chi connectivity index (χ4v) is 5.60. The quantitative estimate of drug-likeness (QED) is 0.660. The summed E-state index contributed by atoms with van der Waals surface area (Å²) in [4.78, 5) is 14.9. The zero-order chi connectivity index (χ0) is 20.4. The van der Waals surface area contributed by atoms with E-state index in [9.17, 15) is 0 Å². The average Bonchev–Trinajstić information content (AvgIpc) is 3.48. The Morgan fingerprint density at radius 1 is 0.419 bits per heavy atom. The van der Waals surface area contributed by atoms with E-state index in [-0.39, 0.29) is 12.6 Å². The van der Waals surface area contributed by atoms with Crippen LogP contribution >= 0.6 is 0 Å². The van der Waals surface area contributed by atoms with Gasteiger partial charge in [-0.25, -0.2) is 0 Å². The van der Waals surface area contributed by atoms with Crippen LogP contribution in [0.5, 0.6) is 0 Å². The van der Waals surface area contributed by atoms with E-state index in [0.29, 0.717) is 0 Å². The van der Waals surface area contributed by atoms with E-state index in [0.717, 1.165) is 32.8 Å². The highest BCUT2D eigenvalue weighted by molar-refractivity contribution is 5.31. The second-order valence-electron chi connectivity index (χ2n) is 8.98. The van der Waals surface area contributed by atoms with E-state index in [1.54, 1.807) is 0 Å². The summed E-state index contributed by atoms with van der Waals surface area (Å²) < 4.78 is 0. The van der Waals surface area contributed by atoms with Gasteiger partial charge in [-0.05, 0) is 22.3 Å². The van der Waals surface area contributed by atoms with Crippen molar-refractivity contribution >= 4 is 0 Å². The van der Waals surface area contributed by atoms with Gasteiger partial charge in [-0.15, -0.1) is 0 Å². The Hall–Kier alpha value is -3.54. The summed E-state index contributed by atoms with van der Waals surface area (Å²) in [5, 5.41) is 0. The Labute approximate surface area is 183 Å². The molecular weight excluding hydrogens is 384 g/mol. The van der Waals surface area contributed by atoms with Crippen molar-refractivity contribution < 1.29 is 0 Å². The molecule has 7 rings (SSSR count). The highest BCUT2D eigenvalue weighted by atomic mass is 15.6. The molecule has 0 N–H and O–H groups in total. The predicted molar refractivity (Wildman–Crippen MR) is 119 cm³/mol. The number of fused-ring (bicyclic) bond motifs is 2. The second-order valence-corrected chi connectivity index (χ2v) is 8.98. The molecule has 6 nitrogen and oxygen atoms in total. The van der Waals surface area contributed by atoms with Crippen LogP contribution in [0, 0.1) is 0 Å². The van der Waals surface area contributed by atoms with Crippen molar-refractivity contribution in [2.45, 2.75) is 38.8 Å². The van der Waals surface area contributed by atoms with Crippen molar-refractivity contribution in [3.63, 3.8) is 0 Å². The fourth-order valence-electron chi connectivity index (χ4n) is 5.60. The van der Waals surface area contributed by atoms with Gasteiger partial charge in [0.25, 0.3) is 0 Å². The first-order chi connectivity index (χ1) is 15.3. The Morgan fingerprint density at radius 3 is 1.03 bits per heavy atom. The Kier molecular flexibility index (Phi) is 3.59. The molecule has 5 aliphatic rings. The molecule has 4 bridgehead atoms. The lowest BCUT2D eigenvalue weighted by molar-refractivity contribution is -0.0302. The molecule has 2 aromatic rings. The van der Waals surface area contributed by atoms with Crippen LogP contribution in [0.15, 0.2) is 85.7 Å². The van der Waals surface area contributed by atoms with Gasteiger partial charge in [0.1, 0.15) is 0 Å². The Morgan fingerprint density at radius 2 is 0.710 bits per heavy atom. The summed E-state index contributed by atoms with van der Waals surface area (Å²) in [6.45, 7) is 4.51. The average molecular weight is 411 g/mol. The molecule has 0 unspecified atom stereocenters. The van der Waals surface area contributed by atoms with Crippen LogP contribution in [0.4, 0.5) is 0 Å². The predicted octanol–water partition coefficient (Wildman–Crippen LogP) is 3.21. The lowest BCUT2D eigenvalue weighted by Crippen LogP contribution is -2.53.